The van der Waals surface area contributed by atoms with Crippen LogP contribution in [-0.2, 0) is 9.53 Å². The second-order valence-electron chi connectivity index (χ2n) is 3.70. The Hall–Kier alpha value is -0.970. The molecule has 0 radical (unpaired) electrons. The maximum atomic E-state index is 13.6. The predicted molar refractivity (Wildman–Crippen MR) is 49.5 cm³/mol. The van der Waals surface area contributed by atoms with Gasteiger partial charge in [0.05, 0.1) is 7.11 Å². The third kappa shape index (κ3) is 2.34. The number of hydrogen-bond donors (Lipinski definition) is 1. The molecule has 1 N–H and O–H groups in total. The van der Waals surface area contributed by atoms with Crippen LogP contribution in [0.15, 0.2) is 11.4 Å². The van der Waals surface area contributed by atoms with Gasteiger partial charge in [-0.3, -0.25) is 0 Å². The molecule has 1 aliphatic rings. The summed E-state index contributed by atoms with van der Waals surface area (Å²) in [5.41, 5.74) is -0.472. The molecule has 0 spiro atoms. The Labute approximate surface area is 86.7 Å². The van der Waals surface area contributed by atoms with Crippen molar-refractivity contribution in [2.75, 3.05) is 7.11 Å². The fourth-order valence-electron chi connectivity index (χ4n) is 1.64. The average molecular weight is 220 g/mol. The van der Waals surface area contributed by atoms with Crippen LogP contribution in [0.2, 0.25) is 0 Å². The lowest BCUT2D eigenvalue weighted by molar-refractivity contribution is -0.149. The highest BCUT2D eigenvalue weighted by atomic mass is 19.1. The summed E-state index contributed by atoms with van der Waals surface area (Å²) in [6.45, 7) is 1.61. The Balaban J connectivity index is 2.94. The molecule has 0 aromatic carbocycles. The van der Waals surface area contributed by atoms with Crippen LogP contribution in [-0.4, -0.2) is 30.5 Å². The molecule has 0 saturated carbocycles. The molecule has 15 heavy (non-hydrogen) atoms. The fraction of sp³-hybridized carbons (Fsp3) is 0.700. The standard InChI is InChI=1S/C10H14F2O3/c1-5-3-4-6(11)7(8(5)12)9(13)10(14)15-2/h5,8-9,13H,3-4H2,1-2H3. The number of hydrogen-bond acceptors (Lipinski definition) is 3. The minimum atomic E-state index is -1.83. The van der Waals surface area contributed by atoms with E-state index in [0.29, 0.717) is 6.42 Å². The van der Waals surface area contributed by atoms with E-state index in [1.54, 1.807) is 6.92 Å². The molecule has 3 atom stereocenters. The van der Waals surface area contributed by atoms with Gasteiger partial charge >= 0.3 is 5.97 Å². The average Bonchev–Trinajstić information content (AvgIpc) is 2.22. The molecule has 1 aliphatic carbocycles. The molecule has 5 heteroatoms. The topological polar surface area (TPSA) is 46.5 Å². The van der Waals surface area contributed by atoms with Crippen LogP contribution in [0.3, 0.4) is 0 Å². The summed E-state index contributed by atoms with van der Waals surface area (Å²) in [7, 11) is 1.06. The van der Waals surface area contributed by atoms with Gasteiger partial charge in [0.25, 0.3) is 0 Å². The Kier molecular flexibility index (Phi) is 3.79. The highest BCUT2D eigenvalue weighted by Gasteiger charge is 2.36. The SMILES string of the molecule is COC(=O)C(O)C1=C(F)CCC(C)C1F. The summed E-state index contributed by atoms with van der Waals surface area (Å²) in [5.74, 6) is -2.16. The molecule has 0 heterocycles. The van der Waals surface area contributed by atoms with E-state index >= 15 is 0 Å². The smallest absolute Gasteiger partial charge is 0.339 e. The summed E-state index contributed by atoms with van der Waals surface area (Å²) in [6, 6.07) is 0. The molecule has 0 saturated heterocycles. The summed E-state index contributed by atoms with van der Waals surface area (Å²) >= 11 is 0. The van der Waals surface area contributed by atoms with Crippen molar-refractivity contribution in [1.29, 1.82) is 0 Å². The van der Waals surface area contributed by atoms with Crippen molar-refractivity contribution >= 4 is 5.97 Å². The largest absolute Gasteiger partial charge is 0.467 e. The minimum Gasteiger partial charge on any atom is -0.467 e. The molecule has 0 aromatic rings. The molecule has 0 aliphatic heterocycles. The third-order valence-electron chi connectivity index (χ3n) is 2.65. The van der Waals surface area contributed by atoms with Crippen LogP contribution in [0.1, 0.15) is 19.8 Å². The van der Waals surface area contributed by atoms with Gasteiger partial charge in [-0.2, -0.15) is 0 Å². The number of esters is 1. The second kappa shape index (κ2) is 4.70. The van der Waals surface area contributed by atoms with Crippen LogP contribution in [0, 0.1) is 5.92 Å². The zero-order valence-electron chi connectivity index (χ0n) is 8.67. The third-order valence-corrected chi connectivity index (χ3v) is 2.65. The predicted octanol–water partition coefficient (Wildman–Crippen LogP) is 1.51. The number of rotatable bonds is 2. The lowest BCUT2D eigenvalue weighted by atomic mass is 9.85. The number of aliphatic hydroxyl groups is 1. The first kappa shape index (κ1) is 12.1. The summed E-state index contributed by atoms with van der Waals surface area (Å²) in [6.07, 6.45) is -3.00. The first-order valence-electron chi connectivity index (χ1n) is 4.77. The first-order chi connectivity index (χ1) is 6.99. The number of alkyl halides is 1. The summed E-state index contributed by atoms with van der Waals surface area (Å²) < 4.78 is 31.1. The van der Waals surface area contributed by atoms with E-state index in [-0.39, 0.29) is 12.3 Å². The van der Waals surface area contributed by atoms with Crippen molar-refractivity contribution in [3.8, 4) is 0 Å². The molecule has 3 unspecified atom stereocenters. The lowest BCUT2D eigenvalue weighted by Gasteiger charge is -2.27. The minimum absolute atomic E-state index is 0.0605. The first-order valence-corrected chi connectivity index (χ1v) is 4.77. The molecular weight excluding hydrogens is 206 g/mol. The van der Waals surface area contributed by atoms with E-state index in [1.165, 1.54) is 0 Å². The van der Waals surface area contributed by atoms with E-state index in [9.17, 15) is 18.7 Å². The Bertz CT molecular complexity index is 288. The number of methoxy groups -OCH3 is 1. The van der Waals surface area contributed by atoms with Crippen LogP contribution in [0.5, 0.6) is 0 Å². The zero-order valence-corrected chi connectivity index (χ0v) is 8.67. The Morgan fingerprint density at radius 2 is 2.27 bits per heavy atom. The second-order valence-corrected chi connectivity index (χ2v) is 3.70. The highest BCUT2D eigenvalue weighted by molar-refractivity contribution is 5.78. The van der Waals surface area contributed by atoms with Crippen molar-refractivity contribution in [2.45, 2.75) is 32.0 Å². The normalized spacial score (nSPS) is 28.9. The number of allylic oxidation sites excluding steroid dienone is 1. The quantitative estimate of drug-likeness (QED) is 0.717. The maximum absolute atomic E-state index is 13.6. The number of ether oxygens (including phenoxy) is 1. The summed E-state index contributed by atoms with van der Waals surface area (Å²) in [4.78, 5) is 11.0. The molecule has 0 fully saturated rings. The molecule has 0 bridgehead atoms. The highest BCUT2D eigenvalue weighted by Crippen LogP contribution is 2.34. The Morgan fingerprint density at radius 3 is 2.80 bits per heavy atom. The molecule has 86 valence electrons. The van der Waals surface area contributed by atoms with E-state index in [2.05, 4.69) is 4.74 Å². The van der Waals surface area contributed by atoms with Crippen molar-refractivity contribution in [2.24, 2.45) is 5.92 Å². The van der Waals surface area contributed by atoms with Crippen molar-refractivity contribution in [1.82, 2.24) is 0 Å². The van der Waals surface area contributed by atoms with Crippen LogP contribution >= 0.6 is 0 Å². The van der Waals surface area contributed by atoms with E-state index in [4.69, 9.17) is 0 Å². The van der Waals surface area contributed by atoms with E-state index < -0.39 is 29.6 Å². The van der Waals surface area contributed by atoms with Crippen molar-refractivity contribution < 1.29 is 23.4 Å². The van der Waals surface area contributed by atoms with Gasteiger partial charge in [0.15, 0.2) is 6.10 Å². The van der Waals surface area contributed by atoms with Crippen LogP contribution < -0.4 is 0 Å². The number of carbonyl (C=O) groups is 1. The Morgan fingerprint density at radius 1 is 1.67 bits per heavy atom. The van der Waals surface area contributed by atoms with E-state index in [0.717, 1.165) is 7.11 Å². The summed E-state index contributed by atoms with van der Waals surface area (Å²) in [5, 5.41) is 9.39. The van der Waals surface area contributed by atoms with Gasteiger partial charge < -0.3 is 9.84 Å². The number of halogens is 2. The molecule has 1 rings (SSSR count). The van der Waals surface area contributed by atoms with Crippen LogP contribution in [0.4, 0.5) is 8.78 Å². The number of aliphatic hydroxyl groups excluding tert-OH is 1. The monoisotopic (exact) mass is 220 g/mol. The number of carbonyl (C=O) groups excluding carboxylic acids is 1. The van der Waals surface area contributed by atoms with Gasteiger partial charge in [-0.15, -0.1) is 0 Å². The van der Waals surface area contributed by atoms with Gasteiger partial charge in [-0.1, -0.05) is 6.92 Å². The lowest BCUT2D eigenvalue weighted by Crippen LogP contribution is -2.34. The van der Waals surface area contributed by atoms with Crippen LogP contribution in [0.25, 0.3) is 0 Å². The van der Waals surface area contributed by atoms with Gasteiger partial charge in [0.1, 0.15) is 12.0 Å². The molecular formula is C10H14F2O3. The van der Waals surface area contributed by atoms with Gasteiger partial charge in [-0.05, 0) is 18.8 Å². The van der Waals surface area contributed by atoms with Crippen molar-refractivity contribution in [3.63, 3.8) is 0 Å². The molecule has 0 amide bonds. The maximum Gasteiger partial charge on any atom is 0.339 e. The molecule has 3 nitrogen and oxygen atoms in total. The van der Waals surface area contributed by atoms with Gasteiger partial charge in [0.2, 0.25) is 0 Å². The molecule has 0 aromatic heterocycles. The van der Waals surface area contributed by atoms with Crippen molar-refractivity contribution in [3.05, 3.63) is 11.4 Å². The van der Waals surface area contributed by atoms with Gasteiger partial charge in [0, 0.05) is 5.57 Å². The van der Waals surface area contributed by atoms with Gasteiger partial charge in [-0.25, -0.2) is 13.6 Å². The van der Waals surface area contributed by atoms with E-state index in [1.807, 2.05) is 0 Å². The zero-order chi connectivity index (χ0) is 11.6. The fourth-order valence-corrected chi connectivity index (χ4v) is 1.64.